The summed E-state index contributed by atoms with van der Waals surface area (Å²) in [5.74, 6) is -1.28. The molecule has 5 nitrogen and oxygen atoms in total. The molecule has 0 saturated heterocycles. The number of carbonyl (C=O) groups is 1. The van der Waals surface area contributed by atoms with Gasteiger partial charge in [0.2, 0.25) is 5.91 Å². The standard InChI is InChI=1S/C26H21F7N4O/c1-13-7-17(27)5-6-18(13)21-19-11-35-36-22(19)34-12-20(21)37(4)23(38)24(2,3)14-8-15(25(28,29)30)10-16(9-14)26(31,32)33/h5-12H,1-4H3,(H,34,35,36). The van der Waals surface area contributed by atoms with Gasteiger partial charge in [-0.05, 0) is 67.8 Å². The van der Waals surface area contributed by atoms with E-state index in [1.54, 1.807) is 6.92 Å². The van der Waals surface area contributed by atoms with Crippen LogP contribution in [0.15, 0.2) is 48.8 Å². The molecule has 0 unspecified atom stereocenters. The lowest BCUT2D eigenvalue weighted by molar-refractivity contribution is -0.143. The minimum Gasteiger partial charge on any atom is -0.313 e. The van der Waals surface area contributed by atoms with Gasteiger partial charge in [0.05, 0.1) is 34.6 Å². The van der Waals surface area contributed by atoms with Crippen LogP contribution in [0, 0.1) is 12.7 Å². The second-order valence-electron chi connectivity index (χ2n) is 9.39. The van der Waals surface area contributed by atoms with Crippen molar-refractivity contribution in [3.63, 3.8) is 0 Å². The number of nitrogens with one attached hydrogen (secondary N) is 1. The number of hydrogen-bond donors (Lipinski definition) is 1. The van der Waals surface area contributed by atoms with E-state index in [4.69, 9.17) is 0 Å². The summed E-state index contributed by atoms with van der Waals surface area (Å²) in [7, 11) is 1.34. The number of alkyl halides is 6. The maximum atomic E-state index is 13.8. The number of benzene rings is 2. The monoisotopic (exact) mass is 538 g/mol. The van der Waals surface area contributed by atoms with Crippen molar-refractivity contribution in [2.24, 2.45) is 0 Å². The van der Waals surface area contributed by atoms with Gasteiger partial charge in [0.15, 0.2) is 5.65 Å². The number of rotatable bonds is 4. The number of aryl methyl sites for hydroxylation is 1. The van der Waals surface area contributed by atoms with Crippen LogP contribution in [0.4, 0.5) is 36.4 Å². The number of H-pyrrole nitrogens is 1. The second-order valence-corrected chi connectivity index (χ2v) is 9.39. The van der Waals surface area contributed by atoms with Crippen LogP contribution in [0.5, 0.6) is 0 Å². The fourth-order valence-electron chi connectivity index (χ4n) is 4.30. The van der Waals surface area contributed by atoms with Gasteiger partial charge in [-0.3, -0.25) is 9.89 Å². The summed E-state index contributed by atoms with van der Waals surface area (Å²) in [5.41, 5.74) is -3.27. The number of hydrogen-bond acceptors (Lipinski definition) is 3. The molecular formula is C26H21F7N4O. The van der Waals surface area contributed by atoms with E-state index in [-0.39, 0.29) is 11.8 Å². The van der Waals surface area contributed by atoms with E-state index < -0.39 is 46.2 Å². The molecule has 0 aliphatic heterocycles. The van der Waals surface area contributed by atoms with Crippen LogP contribution in [-0.4, -0.2) is 28.1 Å². The highest BCUT2D eigenvalue weighted by atomic mass is 19.4. The molecule has 2 aromatic heterocycles. The van der Waals surface area contributed by atoms with Crippen molar-refractivity contribution in [1.82, 2.24) is 15.2 Å². The molecule has 200 valence electrons. The molecule has 1 N–H and O–H groups in total. The Bertz CT molecular complexity index is 1500. The first-order valence-corrected chi connectivity index (χ1v) is 11.2. The summed E-state index contributed by atoms with van der Waals surface area (Å²) >= 11 is 0. The van der Waals surface area contributed by atoms with Crippen LogP contribution in [0.3, 0.4) is 0 Å². The summed E-state index contributed by atoms with van der Waals surface area (Å²) < 4.78 is 94.6. The van der Waals surface area contributed by atoms with Crippen molar-refractivity contribution < 1.29 is 35.5 Å². The molecule has 2 aromatic carbocycles. The minimum absolute atomic E-state index is 0.0138. The highest BCUT2D eigenvalue weighted by Gasteiger charge is 2.41. The summed E-state index contributed by atoms with van der Waals surface area (Å²) in [5, 5.41) is 7.14. The number of amides is 1. The molecule has 12 heteroatoms. The molecule has 4 aromatic rings. The third-order valence-electron chi connectivity index (χ3n) is 6.43. The van der Waals surface area contributed by atoms with Crippen molar-refractivity contribution in [2.75, 3.05) is 11.9 Å². The fourth-order valence-corrected chi connectivity index (χ4v) is 4.30. The van der Waals surface area contributed by atoms with Crippen LogP contribution < -0.4 is 4.90 Å². The summed E-state index contributed by atoms with van der Waals surface area (Å²) in [6.07, 6.45) is -7.34. The Labute approximate surface area is 212 Å². The average Bonchev–Trinajstić information content (AvgIpc) is 3.30. The van der Waals surface area contributed by atoms with Crippen LogP contribution in [-0.2, 0) is 22.6 Å². The molecule has 0 fully saturated rings. The van der Waals surface area contributed by atoms with E-state index in [1.165, 1.54) is 51.5 Å². The number of likely N-dealkylation sites (N-methyl/N-ethyl adjacent to an activating group) is 1. The number of nitrogens with zero attached hydrogens (tertiary/aromatic N) is 3. The Hall–Kier alpha value is -3.96. The van der Waals surface area contributed by atoms with Gasteiger partial charge in [0.25, 0.3) is 0 Å². The molecule has 2 heterocycles. The Balaban J connectivity index is 1.87. The molecule has 0 radical (unpaired) electrons. The summed E-state index contributed by atoms with van der Waals surface area (Å²) in [6, 6.07) is 5.12. The molecule has 0 aliphatic rings. The Morgan fingerprint density at radius 2 is 1.47 bits per heavy atom. The number of halogens is 7. The van der Waals surface area contributed by atoms with E-state index in [0.717, 1.165) is 4.90 Å². The zero-order valence-corrected chi connectivity index (χ0v) is 20.5. The number of carbonyl (C=O) groups excluding carboxylic acids is 1. The predicted octanol–water partition coefficient (Wildman–Crippen LogP) is 7.05. The van der Waals surface area contributed by atoms with Gasteiger partial charge in [-0.2, -0.15) is 31.4 Å². The minimum atomic E-state index is -5.06. The fraction of sp³-hybridized carbons (Fsp3) is 0.269. The second kappa shape index (κ2) is 9.10. The largest absolute Gasteiger partial charge is 0.416 e. The zero-order chi connectivity index (χ0) is 28.2. The highest BCUT2D eigenvalue weighted by molar-refractivity contribution is 6.08. The highest BCUT2D eigenvalue weighted by Crippen LogP contribution is 2.42. The molecule has 1 amide bonds. The molecule has 0 aliphatic carbocycles. The maximum Gasteiger partial charge on any atom is 0.416 e. The van der Waals surface area contributed by atoms with Gasteiger partial charge in [0.1, 0.15) is 5.82 Å². The van der Waals surface area contributed by atoms with Crippen LogP contribution in [0.1, 0.15) is 36.1 Å². The molecule has 0 bridgehead atoms. The van der Waals surface area contributed by atoms with E-state index in [1.807, 2.05) is 0 Å². The number of fused-ring (bicyclic) bond motifs is 1. The van der Waals surface area contributed by atoms with Crippen molar-refractivity contribution in [2.45, 2.75) is 38.5 Å². The topological polar surface area (TPSA) is 61.9 Å². The quantitative estimate of drug-likeness (QED) is 0.283. The molecule has 4 rings (SSSR count). The molecule has 0 spiro atoms. The molecule has 38 heavy (non-hydrogen) atoms. The van der Waals surface area contributed by atoms with Gasteiger partial charge in [-0.15, -0.1) is 0 Å². The van der Waals surface area contributed by atoms with Crippen LogP contribution in [0.2, 0.25) is 0 Å². The van der Waals surface area contributed by atoms with Gasteiger partial charge in [0, 0.05) is 18.0 Å². The Morgan fingerprint density at radius 1 is 0.895 bits per heavy atom. The Kier molecular flexibility index (Phi) is 6.49. The first-order chi connectivity index (χ1) is 17.5. The summed E-state index contributed by atoms with van der Waals surface area (Å²) in [6.45, 7) is 4.14. The van der Waals surface area contributed by atoms with Gasteiger partial charge >= 0.3 is 12.4 Å². The van der Waals surface area contributed by atoms with E-state index in [2.05, 4.69) is 15.2 Å². The number of aromatic amines is 1. The van der Waals surface area contributed by atoms with Crippen molar-refractivity contribution in [1.29, 1.82) is 0 Å². The molecule has 0 atom stereocenters. The van der Waals surface area contributed by atoms with E-state index in [9.17, 15) is 35.5 Å². The third-order valence-corrected chi connectivity index (χ3v) is 6.43. The van der Waals surface area contributed by atoms with Crippen molar-refractivity contribution in [3.8, 4) is 11.1 Å². The smallest absolute Gasteiger partial charge is 0.313 e. The maximum absolute atomic E-state index is 13.8. The van der Waals surface area contributed by atoms with E-state index >= 15 is 0 Å². The average molecular weight is 538 g/mol. The number of anilines is 1. The Morgan fingerprint density at radius 3 is 2.03 bits per heavy atom. The normalized spacial score (nSPS) is 12.7. The number of aromatic nitrogens is 3. The van der Waals surface area contributed by atoms with Crippen molar-refractivity contribution >= 4 is 22.6 Å². The van der Waals surface area contributed by atoms with Crippen molar-refractivity contribution in [3.05, 3.63) is 76.9 Å². The summed E-state index contributed by atoms with van der Waals surface area (Å²) in [4.78, 5) is 19.1. The van der Waals surface area contributed by atoms with Gasteiger partial charge in [-0.1, -0.05) is 6.07 Å². The van der Waals surface area contributed by atoms with Gasteiger partial charge in [-0.25, -0.2) is 9.37 Å². The lowest BCUT2D eigenvalue weighted by atomic mass is 9.81. The lowest BCUT2D eigenvalue weighted by Gasteiger charge is -2.32. The van der Waals surface area contributed by atoms with Crippen LogP contribution in [0.25, 0.3) is 22.2 Å². The zero-order valence-electron chi connectivity index (χ0n) is 20.5. The lowest BCUT2D eigenvalue weighted by Crippen LogP contribution is -2.42. The van der Waals surface area contributed by atoms with Gasteiger partial charge < -0.3 is 4.90 Å². The van der Waals surface area contributed by atoms with Crippen LogP contribution >= 0.6 is 0 Å². The van der Waals surface area contributed by atoms with E-state index in [0.29, 0.717) is 39.9 Å². The molecular weight excluding hydrogens is 517 g/mol. The SMILES string of the molecule is Cc1cc(F)ccc1-c1c(N(C)C(=O)C(C)(C)c2cc(C(F)(F)F)cc(C(F)(F)F)c2)cnc2[nH]ncc12. The molecule has 0 saturated carbocycles. The number of pyridine rings is 1. The first-order valence-electron chi connectivity index (χ1n) is 11.2. The third kappa shape index (κ3) is 4.82. The first kappa shape index (κ1) is 27.1. The predicted molar refractivity (Wildman–Crippen MR) is 127 cm³/mol.